The first kappa shape index (κ1) is 24.5. The zero-order valence-corrected chi connectivity index (χ0v) is 19.6. The van der Waals surface area contributed by atoms with Crippen LogP contribution in [0.2, 0.25) is 0 Å². The van der Waals surface area contributed by atoms with E-state index < -0.39 is 32.8 Å². The van der Waals surface area contributed by atoms with Gasteiger partial charge in [0.15, 0.2) is 0 Å². The van der Waals surface area contributed by atoms with Crippen LogP contribution in [0.1, 0.15) is 33.5 Å². The molecular formula is C20H24F3N3O4S2. The number of nitrogens with zero attached hydrogens (tertiary/aromatic N) is 2. The minimum absolute atomic E-state index is 0.00997. The Hall–Kier alpha value is -2.18. The molecule has 2 aromatic heterocycles. The lowest BCUT2D eigenvalue weighted by atomic mass is 9.67. The molecule has 7 nitrogen and oxygen atoms in total. The highest BCUT2D eigenvalue weighted by Gasteiger charge is 2.50. The zero-order valence-electron chi connectivity index (χ0n) is 18.0. The number of hydrogen-bond donors (Lipinski definition) is 1. The van der Waals surface area contributed by atoms with Crippen LogP contribution in [-0.4, -0.2) is 42.9 Å². The average molecular weight is 492 g/mol. The van der Waals surface area contributed by atoms with Crippen molar-refractivity contribution in [1.82, 2.24) is 14.8 Å². The second-order valence-corrected chi connectivity index (χ2v) is 12.3. The molecule has 1 aliphatic heterocycles. The fourth-order valence-electron chi connectivity index (χ4n) is 4.22. The molecule has 1 N–H and O–H groups in total. The zero-order chi connectivity index (χ0) is 24.1. The molecule has 32 heavy (non-hydrogen) atoms. The minimum Gasteiger partial charge on any atom is -0.351 e. The van der Waals surface area contributed by atoms with Gasteiger partial charge in [-0.2, -0.15) is 17.5 Å². The van der Waals surface area contributed by atoms with Gasteiger partial charge >= 0.3 is 6.18 Å². The quantitative estimate of drug-likeness (QED) is 0.635. The highest BCUT2D eigenvalue weighted by Crippen LogP contribution is 2.43. The number of thiophene rings is 1. The number of hydrogen-bond acceptors (Lipinski definition) is 6. The molecule has 3 rings (SSSR count). The first-order chi connectivity index (χ1) is 14.6. The summed E-state index contributed by atoms with van der Waals surface area (Å²) in [6.45, 7) is 11.3. The van der Waals surface area contributed by atoms with Crippen molar-refractivity contribution in [3.63, 3.8) is 0 Å². The third-order valence-electron chi connectivity index (χ3n) is 5.42. The van der Waals surface area contributed by atoms with Gasteiger partial charge in [0.1, 0.15) is 9.90 Å². The summed E-state index contributed by atoms with van der Waals surface area (Å²) in [5.74, 6) is -1.58. The summed E-state index contributed by atoms with van der Waals surface area (Å²) in [5, 5.41) is 6.33. The summed E-state index contributed by atoms with van der Waals surface area (Å²) in [7, 11) is -3.93. The third-order valence-corrected chi connectivity index (χ3v) is 8.79. The molecule has 0 bridgehead atoms. The predicted octanol–water partition coefficient (Wildman–Crippen LogP) is 4.15. The Balaban J connectivity index is 1.88. The van der Waals surface area contributed by atoms with E-state index in [2.05, 4.69) is 21.6 Å². The number of carbonyl (C=O) groups is 1. The van der Waals surface area contributed by atoms with E-state index in [1.807, 2.05) is 27.7 Å². The highest BCUT2D eigenvalue weighted by atomic mass is 32.2. The summed E-state index contributed by atoms with van der Waals surface area (Å²) in [4.78, 5) is 12.2. The molecule has 1 aliphatic rings. The van der Waals surface area contributed by atoms with Crippen molar-refractivity contribution in [2.45, 2.75) is 44.1 Å². The number of aromatic nitrogens is 1. The SMILES string of the molecule is C=CC(=O)NC1C(C)(C)CN(S(=O)(=O)c2ccc(-c3cc(C(F)(F)F)on3)s2)CC1(C)C. The monoisotopic (exact) mass is 491 g/mol. The maximum absolute atomic E-state index is 13.4. The topological polar surface area (TPSA) is 92.5 Å². The van der Waals surface area contributed by atoms with Gasteiger partial charge in [0, 0.05) is 25.2 Å². The Bertz CT molecular complexity index is 1120. The van der Waals surface area contributed by atoms with Crippen LogP contribution in [0.25, 0.3) is 10.6 Å². The molecule has 1 fully saturated rings. The molecule has 2 aromatic rings. The lowest BCUT2D eigenvalue weighted by Gasteiger charge is -2.52. The largest absolute Gasteiger partial charge is 0.452 e. The number of carbonyl (C=O) groups excluding carboxylic acids is 1. The summed E-state index contributed by atoms with van der Waals surface area (Å²) < 4.78 is 70.7. The summed E-state index contributed by atoms with van der Waals surface area (Å²) in [6, 6.07) is 3.19. The van der Waals surface area contributed by atoms with E-state index in [1.54, 1.807) is 0 Å². The summed E-state index contributed by atoms with van der Waals surface area (Å²) >= 11 is 0.823. The molecule has 1 saturated heterocycles. The lowest BCUT2D eigenvalue weighted by Crippen LogP contribution is -2.64. The number of halogens is 3. The van der Waals surface area contributed by atoms with Crippen molar-refractivity contribution in [3.8, 4) is 10.6 Å². The van der Waals surface area contributed by atoms with E-state index in [0.29, 0.717) is 0 Å². The maximum atomic E-state index is 13.4. The van der Waals surface area contributed by atoms with Crippen LogP contribution in [0.5, 0.6) is 0 Å². The lowest BCUT2D eigenvalue weighted by molar-refractivity contribution is -0.155. The van der Waals surface area contributed by atoms with Crippen LogP contribution in [0.4, 0.5) is 13.2 Å². The van der Waals surface area contributed by atoms with E-state index in [-0.39, 0.29) is 39.8 Å². The Morgan fingerprint density at radius 1 is 1.28 bits per heavy atom. The van der Waals surface area contributed by atoms with Crippen LogP contribution in [0, 0.1) is 10.8 Å². The van der Waals surface area contributed by atoms with Gasteiger partial charge in [0.05, 0.1) is 4.88 Å². The molecule has 12 heteroatoms. The highest BCUT2D eigenvalue weighted by molar-refractivity contribution is 7.91. The Kier molecular flexibility index (Phi) is 6.11. The first-order valence-corrected chi connectivity index (χ1v) is 11.9. The van der Waals surface area contributed by atoms with E-state index in [0.717, 1.165) is 17.4 Å². The van der Waals surface area contributed by atoms with Gasteiger partial charge in [0.2, 0.25) is 11.7 Å². The molecule has 0 saturated carbocycles. The van der Waals surface area contributed by atoms with Crippen LogP contribution in [-0.2, 0) is 21.0 Å². The molecular weight excluding hydrogens is 467 g/mol. The number of amides is 1. The molecule has 176 valence electrons. The smallest absolute Gasteiger partial charge is 0.351 e. The van der Waals surface area contributed by atoms with Crippen molar-refractivity contribution in [2.75, 3.05) is 13.1 Å². The average Bonchev–Trinajstić information content (AvgIpc) is 3.32. The van der Waals surface area contributed by atoms with Gasteiger partial charge in [-0.1, -0.05) is 39.4 Å². The van der Waals surface area contributed by atoms with Crippen molar-refractivity contribution in [3.05, 3.63) is 36.6 Å². The predicted molar refractivity (Wildman–Crippen MR) is 113 cm³/mol. The molecule has 1 amide bonds. The molecule has 0 atom stereocenters. The number of sulfonamides is 1. The molecule has 0 spiro atoms. The molecule has 0 unspecified atom stereocenters. The van der Waals surface area contributed by atoms with E-state index in [9.17, 15) is 26.4 Å². The van der Waals surface area contributed by atoms with Crippen molar-refractivity contribution < 1.29 is 30.9 Å². The Labute approximate surface area is 188 Å². The standard InChI is InChI=1S/C20H24F3N3O4S2/c1-6-15(27)24-17-18(2,3)10-26(11-19(17,4)5)32(28,29)16-8-7-13(31-16)12-9-14(30-25-12)20(21,22)23/h6-9,17H,1,10-11H2,2-5H3,(H,24,27). The van der Waals surface area contributed by atoms with Gasteiger partial charge < -0.3 is 9.84 Å². The number of alkyl halides is 3. The van der Waals surface area contributed by atoms with Crippen LogP contribution in [0.3, 0.4) is 0 Å². The van der Waals surface area contributed by atoms with E-state index >= 15 is 0 Å². The number of rotatable bonds is 5. The summed E-state index contributed by atoms with van der Waals surface area (Å²) in [6.07, 6.45) is -3.50. The Morgan fingerprint density at radius 3 is 2.38 bits per heavy atom. The minimum atomic E-state index is -4.68. The van der Waals surface area contributed by atoms with Gasteiger partial charge in [-0.25, -0.2) is 8.42 Å². The fraction of sp³-hybridized carbons (Fsp3) is 0.500. The third kappa shape index (κ3) is 4.62. The molecule has 0 aliphatic carbocycles. The summed E-state index contributed by atoms with van der Waals surface area (Å²) in [5.41, 5.74) is -1.28. The fourth-order valence-corrected chi connectivity index (χ4v) is 7.41. The second-order valence-electron chi connectivity index (χ2n) is 9.09. The van der Waals surface area contributed by atoms with Crippen LogP contribution in [0.15, 0.2) is 39.6 Å². The van der Waals surface area contributed by atoms with Crippen molar-refractivity contribution in [1.29, 1.82) is 0 Å². The van der Waals surface area contributed by atoms with Gasteiger partial charge in [-0.15, -0.1) is 11.3 Å². The van der Waals surface area contributed by atoms with E-state index in [4.69, 9.17) is 0 Å². The van der Waals surface area contributed by atoms with Gasteiger partial charge in [-0.3, -0.25) is 4.79 Å². The second kappa shape index (κ2) is 7.99. The molecule has 0 radical (unpaired) electrons. The van der Waals surface area contributed by atoms with Crippen LogP contribution < -0.4 is 5.32 Å². The van der Waals surface area contributed by atoms with Gasteiger partial charge in [0.25, 0.3) is 10.0 Å². The van der Waals surface area contributed by atoms with Gasteiger partial charge in [-0.05, 0) is 29.0 Å². The van der Waals surface area contributed by atoms with Crippen molar-refractivity contribution in [2.24, 2.45) is 10.8 Å². The van der Waals surface area contributed by atoms with Crippen molar-refractivity contribution >= 4 is 27.3 Å². The molecule has 0 aromatic carbocycles. The molecule has 3 heterocycles. The first-order valence-electron chi connectivity index (χ1n) is 9.65. The normalized spacial score (nSPS) is 19.6. The Morgan fingerprint density at radius 2 is 1.88 bits per heavy atom. The maximum Gasteiger partial charge on any atom is 0.452 e. The van der Waals surface area contributed by atoms with Crippen LogP contribution >= 0.6 is 11.3 Å². The number of piperidine rings is 1. The van der Waals surface area contributed by atoms with E-state index in [1.165, 1.54) is 22.5 Å². The number of nitrogens with one attached hydrogen (secondary N) is 1.